The Morgan fingerprint density at radius 1 is 1.59 bits per heavy atom. The van der Waals surface area contributed by atoms with Crippen LogP contribution in [0, 0.1) is 0 Å². The molecule has 5 nitrogen and oxygen atoms in total. The van der Waals surface area contributed by atoms with Crippen LogP contribution >= 0.6 is 0 Å². The van der Waals surface area contributed by atoms with Gasteiger partial charge in [-0.3, -0.25) is 9.78 Å². The van der Waals surface area contributed by atoms with Crippen LogP contribution < -0.4 is 5.73 Å². The van der Waals surface area contributed by atoms with Crippen LogP contribution in [-0.2, 0) is 9.53 Å². The third-order valence-electron chi connectivity index (χ3n) is 3.00. The molecule has 1 aromatic heterocycles. The van der Waals surface area contributed by atoms with Crippen LogP contribution in [0.1, 0.15) is 18.2 Å². The number of nitrogens with two attached hydrogens (primary N) is 1. The lowest BCUT2D eigenvalue weighted by atomic mass is 10.1. The van der Waals surface area contributed by atoms with E-state index >= 15 is 0 Å². The highest BCUT2D eigenvalue weighted by atomic mass is 16.5. The highest BCUT2D eigenvalue weighted by molar-refractivity contribution is 5.80. The molecule has 1 saturated heterocycles. The minimum absolute atomic E-state index is 0.0743. The molecule has 0 saturated carbocycles. The standard InChI is InChI=1S/C12H17N3O2/c1-17-7-6-15-11(16)8-9(13)12(15)10-4-2-3-5-14-10/h2-5,9,12H,6-8,13H2,1H3. The number of amides is 1. The number of nitrogens with zero attached hydrogens (tertiary/aromatic N) is 2. The van der Waals surface area contributed by atoms with Gasteiger partial charge in [0.15, 0.2) is 0 Å². The molecule has 1 fully saturated rings. The molecule has 17 heavy (non-hydrogen) atoms. The molecule has 0 aromatic carbocycles. The number of methoxy groups -OCH3 is 1. The Morgan fingerprint density at radius 2 is 2.41 bits per heavy atom. The van der Waals surface area contributed by atoms with E-state index in [9.17, 15) is 4.79 Å². The van der Waals surface area contributed by atoms with Crippen molar-refractivity contribution in [1.29, 1.82) is 0 Å². The Hall–Kier alpha value is -1.46. The van der Waals surface area contributed by atoms with Crippen LogP contribution in [0.15, 0.2) is 24.4 Å². The van der Waals surface area contributed by atoms with E-state index in [1.54, 1.807) is 18.2 Å². The average molecular weight is 235 g/mol. The lowest BCUT2D eigenvalue weighted by Crippen LogP contribution is -2.35. The zero-order valence-corrected chi connectivity index (χ0v) is 9.87. The van der Waals surface area contributed by atoms with E-state index in [1.165, 1.54) is 0 Å². The molecule has 2 atom stereocenters. The van der Waals surface area contributed by atoms with E-state index in [4.69, 9.17) is 10.5 Å². The van der Waals surface area contributed by atoms with Gasteiger partial charge in [-0.05, 0) is 12.1 Å². The maximum absolute atomic E-state index is 11.8. The minimum atomic E-state index is -0.186. The number of carbonyl (C=O) groups is 1. The minimum Gasteiger partial charge on any atom is -0.383 e. The van der Waals surface area contributed by atoms with Crippen molar-refractivity contribution in [2.24, 2.45) is 5.73 Å². The molecule has 0 spiro atoms. The Balaban J connectivity index is 2.20. The molecule has 2 heterocycles. The van der Waals surface area contributed by atoms with Gasteiger partial charge in [0.25, 0.3) is 0 Å². The molecule has 1 amide bonds. The van der Waals surface area contributed by atoms with Crippen molar-refractivity contribution < 1.29 is 9.53 Å². The van der Waals surface area contributed by atoms with Crippen molar-refractivity contribution in [3.8, 4) is 0 Å². The molecule has 2 N–H and O–H groups in total. The normalized spacial score (nSPS) is 24.4. The highest BCUT2D eigenvalue weighted by Gasteiger charge is 2.38. The van der Waals surface area contributed by atoms with Crippen LogP contribution in [0.3, 0.4) is 0 Å². The summed E-state index contributed by atoms with van der Waals surface area (Å²) in [4.78, 5) is 17.9. The first kappa shape index (κ1) is 12.0. The fourth-order valence-electron chi connectivity index (χ4n) is 2.20. The number of hydrogen-bond donors (Lipinski definition) is 1. The topological polar surface area (TPSA) is 68.5 Å². The maximum Gasteiger partial charge on any atom is 0.224 e. The predicted octanol–water partition coefficient (Wildman–Crippen LogP) is 0.329. The molecule has 1 aromatic rings. The van der Waals surface area contributed by atoms with Crippen molar-refractivity contribution in [3.63, 3.8) is 0 Å². The summed E-state index contributed by atoms with van der Waals surface area (Å²) in [6.07, 6.45) is 2.10. The van der Waals surface area contributed by atoms with Crippen LogP contribution in [0.4, 0.5) is 0 Å². The van der Waals surface area contributed by atoms with Gasteiger partial charge in [-0.25, -0.2) is 0 Å². The first-order valence-corrected chi connectivity index (χ1v) is 5.69. The van der Waals surface area contributed by atoms with E-state index < -0.39 is 0 Å². The number of pyridine rings is 1. The highest BCUT2D eigenvalue weighted by Crippen LogP contribution is 2.30. The van der Waals surface area contributed by atoms with E-state index in [2.05, 4.69) is 4.98 Å². The van der Waals surface area contributed by atoms with Gasteiger partial charge in [0.1, 0.15) is 0 Å². The van der Waals surface area contributed by atoms with Gasteiger partial charge in [0.2, 0.25) is 5.91 Å². The summed E-state index contributed by atoms with van der Waals surface area (Å²) < 4.78 is 5.02. The summed E-state index contributed by atoms with van der Waals surface area (Å²) >= 11 is 0. The molecular formula is C12H17N3O2. The van der Waals surface area contributed by atoms with Crippen LogP contribution in [0.2, 0.25) is 0 Å². The lowest BCUT2D eigenvalue weighted by molar-refractivity contribution is -0.129. The Kier molecular flexibility index (Phi) is 3.71. The Morgan fingerprint density at radius 3 is 3.06 bits per heavy atom. The molecule has 2 rings (SSSR count). The van der Waals surface area contributed by atoms with E-state index in [-0.39, 0.29) is 18.0 Å². The number of carbonyl (C=O) groups excluding carboxylic acids is 1. The first-order chi connectivity index (χ1) is 8.24. The average Bonchev–Trinajstić information content (AvgIpc) is 2.62. The van der Waals surface area contributed by atoms with Crippen molar-refractivity contribution in [3.05, 3.63) is 30.1 Å². The summed E-state index contributed by atoms with van der Waals surface area (Å²) in [5.41, 5.74) is 6.87. The van der Waals surface area contributed by atoms with E-state index in [0.29, 0.717) is 19.6 Å². The third-order valence-corrected chi connectivity index (χ3v) is 3.00. The second-order valence-corrected chi connectivity index (χ2v) is 4.15. The van der Waals surface area contributed by atoms with Crippen LogP contribution in [0.5, 0.6) is 0 Å². The summed E-state index contributed by atoms with van der Waals surface area (Å²) in [6, 6.07) is 5.36. The summed E-state index contributed by atoms with van der Waals surface area (Å²) in [5, 5.41) is 0. The second-order valence-electron chi connectivity index (χ2n) is 4.15. The maximum atomic E-state index is 11.8. The Labute approximate surface area is 101 Å². The third kappa shape index (κ3) is 2.45. The largest absolute Gasteiger partial charge is 0.383 e. The summed E-state index contributed by atoms with van der Waals surface area (Å²) in [6.45, 7) is 1.08. The van der Waals surface area contributed by atoms with Gasteiger partial charge in [-0.15, -0.1) is 0 Å². The van der Waals surface area contributed by atoms with Crippen molar-refractivity contribution in [2.75, 3.05) is 20.3 Å². The summed E-state index contributed by atoms with van der Waals surface area (Å²) in [5.74, 6) is 0.0743. The molecule has 1 aliphatic rings. The number of hydrogen-bond acceptors (Lipinski definition) is 4. The smallest absolute Gasteiger partial charge is 0.224 e. The fourth-order valence-corrected chi connectivity index (χ4v) is 2.20. The van der Waals surface area contributed by atoms with Gasteiger partial charge in [0, 0.05) is 32.3 Å². The molecule has 92 valence electrons. The van der Waals surface area contributed by atoms with Crippen LogP contribution in [0.25, 0.3) is 0 Å². The van der Waals surface area contributed by atoms with Gasteiger partial charge in [-0.2, -0.15) is 0 Å². The molecule has 0 aliphatic carbocycles. The van der Waals surface area contributed by atoms with Gasteiger partial charge >= 0.3 is 0 Å². The molecular weight excluding hydrogens is 218 g/mol. The van der Waals surface area contributed by atoms with Gasteiger partial charge in [-0.1, -0.05) is 6.07 Å². The molecule has 5 heteroatoms. The molecule has 0 bridgehead atoms. The lowest BCUT2D eigenvalue weighted by Gasteiger charge is -2.26. The number of ether oxygens (including phenoxy) is 1. The number of rotatable bonds is 4. The van der Waals surface area contributed by atoms with E-state index in [1.807, 2.05) is 18.2 Å². The fraction of sp³-hybridized carbons (Fsp3) is 0.500. The number of likely N-dealkylation sites (tertiary alicyclic amines) is 1. The molecule has 0 radical (unpaired) electrons. The van der Waals surface area contributed by atoms with Gasteiger partial charge in [0.05, 0.1) is 18.3 Å². The predicted molar refractivity (Wildman–Crippen MR) is 63.2 cm³/mol. The van der Waals surface area contributed by atoms with Gasteiger partial charge < -0.3 is 15.4 Å². The summed E-state index contributed by atoms with van der Waals surface area (Å²) in [7, 11) is 1.62. The van der Waals surface area contributed by atoms with Crippen molar-refractivity contribution in [2.45, 2.75) is 18.5 Å². The molecule has 2 unspecified atom stereocenters. The van der Waals surface area contributed by atoms with Crippen molar-refractivity contribution in [1.82, 2.24) is 9.88 Å². The first-order valence-electron chi connectivity index (χ1n) is 5.69. The van der Waals surface area contributed by atoms with E-state index in [0.717, 1.165) is 5.69 Å². The zero-order chi connectivity index (χ0) is 12.3. The number of aromatic nitrogens is 1. The zero-order valence-electron chi connectivity index (χ0n) is 9.87. The molecule has 1 aliphatic heterocycles. The SMILES string of the molecule is COCCN1C(=O)CC(N)C1c1ccccn1. The second kappa shape index (κ2) is 5.25. The quantitative estimate of drug-likeness (QED) is 0.816. The Bertz CT molecular complexity index is 383. The monoisotopic (exact) mass is 235 g/mol. The van der Waals surface area contributed by atoms with Crippen LogP contribution in [-0.4, -0.2) is 42.1 Å². The van der Waals surface area contributed by atoms with Crippen molar-refractivity contribution >= 4 is 5.91 Å².